The van der Waals surface area contributed by atoms with Gasteiger partial charge in [0.25, 0.3) is 5.91 Å². The summed E-state index contributed by atoms with van der Waals surface area (Å²) in [5.41, 5.74) is 11.7. The molecule has 0 saturated heterocycles. The quantitative estimate of drug-likeness (QED) is 0.00838. The molecule has 19 nitrogen and oxygen atoms in total. The van der Waals surface area contributed by atoms with Gasteiger partial charge in [-0.3, -0.25) is 15.0 Å². The number of carbonyl (C=O) groups is 2. The fraction of sp³-hybridized carbons (Fsp3) is 0.415. The molecule has 5 aromatic rings. The molecule has 0 bridgehead atoms. The van der Waals surface area contributed by atoms with E-state index < -0.39 is 0 Å². The normalized spacial score (nSPS) is 12.6. The molecule has 0 atom stereocenters. The lowest BCUT2D eigenvalue weighted by Crippen LogP contribution is -2.45. The van der Waals surface area contributed by atoms with E-state index in [1.807, 2.05) is 65.8 Å². The van der Waals surface area contributed by atoms with Crippen molar-refractivity contribution in [3.8, 4) is 28.3 Å². The maximum atomic E-state index is 12.5. The van der Waals surface area contributed by atoms with Crippen LogP contribution in [0.15, 0.2) is 136 Å². The molecule has 1 aliphatic heterocycles. The zero-order valence-corrected chi connectivity index (χ0v) is 42.5. The third-order valence-electron chi connectivity index (χ3n) is 11.5. The Hall–Kier alpha value is -6.36. The minimum atomic E-state index is -0.242. The van der Waals surface area contributed by atoms with E-state index in [4.69, 9.17) is 29.2 Å². The van der Waals surface area contributed by atoms with Gasteiger partial charge in [-0.15, -0.1) is 19.7 Å². The topological polar surface area (TPSA) is 224 Å². The number of carbonyl (C=O) groups excluding carboxylic acids is 2. The number of hydrogen-bond donors (Lipinski definition) is 5. The number of amidine groups is 1. The molecule has 2 amide bonds. The number of pyridine rings is 2. The number of ether oxygens (including phenoxy) is 4. The molecule has 6 rings (SSSR count). The second kappa shape index (κ2) is 32.0. The summed E-state index contributed by atoms with van der Waals surface area (Å²) >= 11 is 0.855. The second-order valence-corrected chi connectivity index (χ2v) is 18.3. The Morgan fingerprint density at radius 3 is 2.16 bits per heavy atom. The standard InChI is InChI=1S/C53H68N10O9S/c1-53(2,26-12-14-32-70-50-38-45(41-17-5-3-6-18-41)37-46(58-50)42-19-7-4-8-20-42)52-60-62-63(61-52)29-13-11-23-49(64)54-27-15-30-67-33-35-69-36-34-68-31-16-28-55-51(65)44-24-25-48(56-39-44)59-57-40-43-21-9-10-22-47(43)73-72-71-66/h3-10,17-22,24-25,37-39,62,66H,11-16,23,26-36,40H2,1-2H3,(H,54,64)(H,55,65)(H,60,61). The van der Waals surface area contributed by atoms with Crippen LogP contribution in [0.25, 0.3) is 22.4 Å². The van der Waals surface area contributed by atoms with Crippen molar-refractivity contribution in [1.29, 1.82) is 0 Å². The molecule has 0 spiro atoms. The Kier molecular flexibility index (Phi) is 24.5. The lowest BCUT2D eigenvalue weighted by Gasteiger charge is -2.25. The number of nitrogens with one attached hydrogen (secondary N) is 4. The predicted octanol–water partition coefficient (Wildman–Crippen LogP) is 9.28. The second-order valence-electron chi connectivity index (χ2n) is 17.6. The average molecular weight is 1020 g/mol. The van der Waals surface area contributed by atoms with Crippen molar-refractivity contribution in [3.63, 3.8) is 0 Å². The van der Waals surface area contributed by atoms with Crippen LogP contribution in [0.1, 0.15) is 81.1 Å². The molecule has 0 unspecified atom stereocenters. The first-order valence-corrected chi connectivity index (χ1v) is 25.5. The van der Waals surface area contributed by atoms with Crippen LogP contribution in [0.2, 0.25) is 0 Å². The number of hydrazone groups is 1. The third-order valence-corrected chi connectivity index (χ3v) is 12.2. The first-order valence-electron chi connectivity index (χ1n) is 24.8. The molecular weight excluding hydrogens is 953 g/mol. The number of rotatable bonds is 35. The summed E-state index contributed by atoms with van der Waals surface area (Å²) in [6.45, 7) is 9.72. The van der Waals surface area contributed by atoms with E-state index in [0.717, 1.165) is 84.4 Å². The van der Waals surface area contributed by atoms with Gasteiger partial charge in [0.05, 0.1) is 62.9 Å². The van der Waals surface area contributed by atoms with Crippen molar-refractivity contribution in [2.24, 2.45) is 20.7 Å². The van der Waals surface area contributed by atoms with Gasteiger partial charge in [-0.25, -0.2) is 20.8 Å². The largest absolute Gasteiger partial charge is 0.478 e. The zero-order valence-electron chi connectivity index (χ0n) is 41.7. The Labute approximate surface area is 431 Å². The van der Waals surface area contributed by atoms with Gasteiger partial charge in [-0.1, -0.05) is 97.7 Å². The first-order chi connectivity index (χ1) is 35.8. The highest BCUT2D eigenvalue weighted by atomic mass is 32.2. The Morgan fingerprint density at radius 2 is 1.44 bits per heavy atom. The first kappa shape index (κ1) is 55.9. The van der Waals surface area contributed by atoms with Gasteiger partial charge in [0.15, 0.2) is 5.82 Å². The summed E-state index contributed by atoms with van der Waals surface area (Å²) in [5.74, 6) is 1.68. The van der Waals surface area contributed by atoms with Crippen molar-refractivity contribution < 1.29 is 43.2 Å². The van der Waals surface area contributed by atoms with Crippen molar-refractivity contribution in [1.82, 2.24) is 36.7 Å². The van der Waals surface area contributed by atoms with Gasteiger partial charge >= 0.3 is 0 Å². The van der Waals surface area contributed by atoms with Gasteiger partial charge < -0.3 is 29.6 Å². The minimum Gasteiger partial charge on any atom is -0.478 e. The third kappa shape index (κ3) is 20.6. The van der Waals surface area contributed by atoms with Crippen molar-refractivity contribution in [2.75, 3.05) is 65.9 Å². The summed E-state index contributed by atoms with van der Waals surface area (Å²) in [6.07, 6.45) is 7.65. The van der Waals surface area contributed by atoms with Crippen LogP contribution < -0.4 is 26.3 Å². The van der Waals surface area contributed by atoms with Crippen LogP contribution in [0.3, 0.4) is 0 Å². The Morgan fingerprint density at radius 1 is 0.740 bits per heavy atom. The molecule has 20 heteroatoms. The van der Waals surface area contributed by atoms with Crippen LogP contribution in [0, 0.1) is 5.41 Å². The van der Waals surface area contributed by atoms with Crippen molar-refractivity contribution in [3.05, 3.63) is 127 Å². The maximum absolute atomic E-state index is 12.5. The van der Waals surface area contributed by atoms with E-state index in [-0.39, 0.29) is 23.8 Å². The summed E-state index contributed by atoms with van der Waals surface area (Å²) in [6, 6.07) is 35.2. The number of hydrazine groups is 2. The maximum Gasteiger partial charge on any atom is 0.252 e. The number of unbranched alkanes of at least 4 members (excludes halogenated alkanes) is 2. The highest BCUT2D eigenvalue weighted by Crippen LogP contribution is 2.30. The number of azo groups is 1. The summed E-state index contributed by atoms with van der Waals surface area (Å²) in [7, 11) is 0. The SMILES string of the molecule is CC(C)(CCCCOc1cc(-c2ccccc2)cc(-c2ccccc2)n1)C1=NNN(CCCCC(=O)NCCCOCCOCCOCCCNC(=O)c2ccc(N=NCc3ccccc3SOOO)nc2)N1. The van der Waals surface area contributed by atoms with Gasteiger partial charge in [0.2, 0.25) is 11.8 Å². The van der Waals surface area contributed by atoms with Gasteiger partial charge in [-0.05, 0) is 85.9 Å². The molecule has 3 aromatic carbocycles. The Balaban J connectivity index is 0.702. The summed E-state index contributed by atoms with van der Waals surface area (Å²) < 4.78 is 27.5. The van der Waals surface area contributed by atoms with Crippen LogP contribution in [-0.4, -0.2) is 104 Å². The zero-order chi connectivity index (χ0) is 51.2. The van der Waals surface area contributed by atoms with Gasteiger partial charge in [-0.2, -0.15) is 5.11 Å². The van der Waals surface area contributed by atoms with E-state index >= 15 is 0 Å². The fourth-order valence-electron chi connectivity index (χ4n) is 7.39. The monoisotopic (exact) mass is 1020 g/mol. The highest BCUT2D eigenvalue weighted by molar-refractivity contribution is 7.94. The number of amides is 2. The fourth-order valence-corrected chi connectivity index (χ4v) is 7.87. The number of nitrogens with zero attached hydrogens (tertiary/aromatic N) is 6. The smallest absolute Gasteiger partial charge is 0.252 e. The molecule has 73 heavy (non-hydrogen) atoms. The van der Waals surface area contributed by atoms with Crippen LogP contribution in [0.4, 0.5) is 5.82 Å². The predicted molar refractivity (Wildman–Crippen MR) is 279 cm³/mol. The lowest BCUT2D eigenvalue weighted by molar-refractivity contribution is -0.432. The number of aromatic nitrogens is 2. The van der Waals surface area contributed by atoms with E-state index in [2.05, 4.69) is 95.5 Å². The van der Waals surface area contributed by atoms with Crippen LogP contribution >= 0.6 is 12.0 Å². The molecule has 2 aromatic heterocycles. The van der Waals surface area contributed by atoms with Crippen molar-refractivity contribution in [2.45, 2.75) is 76.7 Å². The van der Waals surface area contributed by atoms with E-state index in [1.54, 1.807) is 18.2 Å². The molecule has 1 aliphatic rings. The average Bonchev–Trinajstić information content (AvgIpc) is 3.91. The van der Waals surface area contributed by atoms with Gasteiger partial charge in [0, 0.05) is 67.4 Å². The molecule has 0 fully saturated rings. The number of hydrogen-bond acceptors (Lipinski definition) is 18. The molecule has 0 radical (unpaired) electrons. The van der Waals surface area contributed by atoms with Gasteiger partial charge in [0.1, 0.15) is 5.84 Å². The van der Waals surface area contributed by atoms with Crippen LogP contribution in [-0.2, 0) is 34.9 Å². The molecule has 0 saturated carbocycles. The van der Waals surface area contributed by atoms with E-state index in [0.29, 0.717) is 101 Å². The molecule has 5 N–H and O–H groups in total. The van der Waals surface area contributed by atoms with E-state index in [1.165, 1.54) is 6.20 Å². The molecular formula is C53H68N10O9S. The van der Waals surface area contributed by atoms with Crippen LogP contribution in [0.5, 0.6) is 5.88 Å². The Bertz CT molecular complexity index is 2400. The minimum absolute atomic E-state index is 0.0352. The lowest BCUT2D eigenvalue weighted by atomic mass is 9.86. The number of benzene rings is 3. The molecule has 0 aliphatic carbocycles. The summed E-state index contributed by atoms with van der Waals surface area (Å²) in [4.78, 5) is 34.6. The molecule has 3 heterocycles. The van der Waals surface area contributed by atoms with Crippen molar-refractivity contribution >= 4 is 35.5 Å². The highest BCUT2D eigenvalue weighted by Gasteiger charge is 2.30. The molecule has 390 valence electrons. The summed E-state index contributed by atoms with van der Waals surface area (Å²) in [5, 5.41) is 32.6. The van der Waals surface area contributed by atoms with E-state index in [9.17, 15) is 9.59 Å².